The predicted octanol–water partition coefficient (Wildman–Crippen LogP) is 7.81. The average molecular weight is 822 g/mol. The summed E-state index contributed by atoms with van der Waals surface area (Å²) in [5.74, 6) is 3.36. The molecule has 0 aromatic heterocycles. The zero-order valence-corrected chi connectivity index (χ0v) is 38.2. The maximum Gasteiger partial charge on any atom is 0.115 e. The van der Waals surface area contributed by atoms with Gasteiger partial charge in [0.1, 0.15) is 6.10 Å². The Morgan fingerprint density at radius 3 is 1.83 bits per heavy atom. The van der Waals surface area contributed by atoms with Crippen molar-refractivity contribution in [1.29, 1.82) is 0 Å². The number of likely N-dealkylation sites (N-methyl/N-ethyl adjacent to an activating group) is 1. The van der Waals surface area contributed by atoms with E-state index in [4.69, 9.17) is 24.0 Å². The van der Waals surface area contributed by atoms with Gasteiger partial charge in [-0.15, -0.1) is 0 Å². The highest BCUT2D eigenvalue weighted by molar-refractivity contribution is 4.87. The molecule has 0 amide bonds. The fourth-order valence-electron chi connectivity index (χ4n) is 10.2. The number of ether oxygens (including phenoxy) is 2. The van der Waals surface area contributed by atoms with Crippen molar-refractivity contribution in [2.24, 2.45) is 29.1 Å². The van der Waals surface area contributed by atoms with Crippen LogP contribution in [0, 0.1) is 29.1 Å². The molecule has 5 aliphatic rings. The Hall–Kier alpha value is -0.440. The van der Waals surface area contributed by atoms with Crippen LogP contribution in [-0.2, 0) is 24.0 Å². The minimum Gasteiger partial charge on any atom is -0.393 e. The summed E-state index contributed by atoms with van der Waals surface area (Å²) < 4.78 is 12.8. The van der Waals surface area contributed by atoms with Crippen LogP contribution in [0.2, 0.25) is 0 Å². The second-order valence-electron chi connectivity index (χ2n) is 20.7. The summed E-state index contributed by atoms with van der Waals surface area (Å²) in [5.41, 5.74) is 10.0. The van der Waals surface area contributed by atoms with E-state index >= 15 is 0 Å². The molecule has 0 aromatic carbocycles. The van der Waals surface area contributed by atoms with Gasteiger partial charge in [-0.3, -0.25) is 19.4 Å². The fraction of sp³-hybridized carbons (Fsp3) is 1.00. The van der Waals surface area contributed by atoms with E-state index in [1.54, 1.807) is 0 Å². The van der Waals surface area contributed by atoms with Gasteiger partial charge < -0.3 is 19.5 Å². The third-order valence-corrected chi connectivity index (χ3v) is 14.4. The van der Waals surface area contributed by atoms with Crippen LogP contribution in [0.15, 0.2) is 0 Å². The molecule has 11 nitrogen and oxygen atoms in total. The highest BCUT2D eigenvalue weighted by Gasteiger charge is 2.34. The SMILES string of the molecule is CCCCNOC1CCC(CC2CCC(NOC(COCC(C)(C)COCC(CN(C)CC)NOC3CCC(CC4CCC(O)CC4)CC3)CN3CC3C)CC2)CC1. The number of hydrogen-bond donors (Lipinski definition) is 4. The summed E-state index contributed by atoms with van der Waals surface area (Å²) in [6.07, 6.45) is 25.0. The molecule has 0 bridgehead atoms. The molecule has 11 heteroatoms. The normalized spacial score (nSPS) is 33.3. The van der Waals surface area contributed by atoms with Crippen molar-refractivity contribution in [1.82, 2.24) is 26.2 Å². The molecule has 0 aromatic rings. The van der Waals surface area contributed by atoms with Crippen LogP contribution in [0.4, 0.5) is 0 Å². The van der Waals surface area contributed by atoms with Crippen molar-refractivity contribution in [2.45, 2.75) is 206 Å². The van der Waals surface area contributed by atoms with E-state index in [1.165, 1.54) is 103 Å². The van der Waals surface area contributed by atoms with Crippen LogP contribution >= 0.6 is 0 Å². The number of aliphatic hydroxyl groups is 1. The topological polar surface area (TPSA) is 109 Å². The Bertz CT molecular complexity index is 1060. The van der Waals surface area contributed by atoms with Crippen LogP contribution in [-0.4, -0.2) is 124 Å². The van der Waals surface area contributed by atoms with Gasteiger partial charge in [-0.2, -0.15) is 11.0 Å². The van der Waals surface area contributed by atoms with Crippen LogP contribution in [0.5, 0.6) is 0 Å². The molecule has 4 aliphatic carbocycles. The highest BCUT2D eigenvalue weighted by Crippen LogP contribution is 2.37. The minimum atomic E-state index is -0.113. The molecule has 1 saturated heterocycles. The summed E-state index contributed by atoms with van der Waals surface area (Å²) >= 11 is 0. The number of aliphatic hydroxyl groups excluding tert-OH is 1. The van der Waals surface area contributed by atoms with Gasteiger partial charge in [0.2, 0.25) is 0 Å². The lowest BCUT2D eigenvalue weighted by Crippen LogP contribution is -2.45. The summed E-state index contributed by atoms with van der Waals surface area (Å²) in [6.45, 7) is 18.5. The summed E-state index contributed by atoms with van der Waals surface area (Å²) in [7, 11) is 2.16. The molecule has 0 radical (unpaired) electrons. The zero-order valence-electron chi connectivity index (χ0n) is 38.2. The number of rotatable bonds is 28. The van der Waals surface area contributed by atoms with Crippen LogP contribution in [0.1, 0.15) is 163 Å². The lowest BCUT2D eigenvalue weighted by atomic mass is 9.76. The third kappa shape index (κ3) is 18.9. The van der Waals surface area contributed by atoms with Crippen molar-refractivity contribution in [2.75, 3.05) is 66.2 Å². The maximum absolute atomic E-state index is 9.88. The second-order valence-corrected chi connectivity index (χ2v) is 20.7. The van der Waals surface area contributed by atoms with Gasteiger partial charge in [-0.1, -0.05) is 34.1 Å². The molecule has 340 valence electrons. The van der Waals surface area contributed by atoms with Gasteiger partial charge in [0.25, 0.3) is 0 Å². The molecule has 1 heterocycles. The Kier molecular flexibility index (Phi) is 22.0. The van der Waals surface area contributed by atoms with Gasteiger partial charge in [-0.25, -0.2) is 5.48 Å². The largest absolute Gasteiger partial charge is 0.393 e. The van der Waals surface area contributed by atoms with E-state index in [2.05, 4.69) is 67.9 Å². The van der Waals surface area contributed by atoms with Crippen LogP contribution < -0.4 is 16.4 Å². The maximum atomic E-state index is 9.88. The average Bonchev–Trinajstić information content (AvgIpc) is 3.93. The van der Waals surface area contributed by atoms with Crippen molar-refractivity contribution < 1.29 is 29.1 Å². The lowest BCUT2D eigenvalue weighted by Gasteiger charge is -2.34. The van der Waals surface area contributed by atoms with Gasteiger partial charge >= 0.3 is 0 Å². The predicted molar refractivity (Wildman–Crippen MR) is 234 cm³/mol. The van der Waals surface area contributed by atoms with Crippen LogP contribution in [0.25, 0.3) is 0 Å². The molecule has 4 saturated carbocycles. The van der Waals surface area contributed by atoms with E-state index in [1.807, 2.05) is 0 Å². The van der Waals surface area contributed by atoms with Crippen LogP contribution in [0.3, 0.4) is 0 Å². The number of hydroxylamine groups is 3. The van der Waals surface area contributed by atoms with E-state index in [-0.39, 0.29) is 29.8 Å². The molecular formula is C47H91N5O6. The first-order valence-corrected chi connectivity index (χ1v) is 24.5. The monoisotopic (exact) mass is 822 g/mol. The fourth-order valence-corrected chi connectivity index (χ4v) is 10.2. The second kappa shape index (κ2) is 26.2. The van der Waals surface area contributed by atoms with Crippen molar-refractivity contribution >= 4 is 0 Å². The first-order valence-electron chi connectivity index (χ1n) is 24.5. The lowest BCUT2D eigenvalue weighted by molar-refractivity contribution is -0.106. The molecule has 4 atom stereocenters. The highest BCUT2D eigenvalue weighted by atomic mass is 16.7. The van der Waals surface area contributed by atoms with Gasteiger partial charge in [0.15, 0.2) is 0 Å². The molecule has 4 N–H and O–H groups in total. The quantitative estimate of drug-likeness (QED) is 0.0353. The summed E-state index contributed by atoms with van der Waals surface area (Å²) in [5, 5.41) is 9.88. The zero-order chi connectivity index (χ0) is 41.2. The number of unbranched alkanes of at least 4 members (excludes halogenated alkanes) is 1. The number of nitrogens with one attached hydrogen (secondary N) is 3. The molecular weight excluding hydrogens is 731 g/mol. The Labute approximate surface area is 355 Å². The van der Waals surface area contributed by atoms with Crippen molar-refractivity contribution in [3.63, 3.8) is 0 Å². The minimum absolute atomic E-state index is 0.0138. The van der Waals surface area contributed by atoms with E-state index in [0.717, 1.165) is 82.1 Å². The number of nitrogens with zero attached hydrogens (tertiary/aromatic N) is 2. The smallest absolute Gasteiger partial charge is 0.115 e. The molecule has 58 heavy (non-hydrogen) atoms. The first kappa shape index (κ1) is 48.6. The molecule has 5 fully saturated rings. The van der Waals surface area contributed by atoms with Crippen molar-refractivity contribution in [3.05, 3.63) is 0 Å². The van der Waals surface area contributed by atoms with E-state index in [9.17, 15) is 5.11 Å². The Morgan fingerprint density at radius 2 is 1.28 bits per heavy atom. The van der Waals surface area contributed by atoms with Gasteiger partial charge in [-0.05, 0) is 166 Å². The first-order chi connectivity index (χ1) is 28.1. The van der Waals surface area contributed by atoms with Gasteiger partial charge in [0, 0.05) is 43.7 Å². The molecule has 1 aliphatic heterocycles. The molecule has 5 rings (SSSR count). The molecule has 0 spiro atoms. The molecule has 4 unspecified atom stereocenters. The summed E-state index contributed by atoms with van der Waals surface area (Å²) in [6, 6.07) is 1.18. The van der Waals surface area contributed by atoms with Crippen molar-refractivity contribution in [3.8, 4) is 0 Å². The number of hydrogen-bond acceptors (Lipinski definition) is 11. The summed E-state index contributed by atoms with van der Waals surface area (Å²) in [4.78, 5) is 23.5. The Morgan fingerprint density at radius 1 is 0.741 bits per heavy atom. The van der Waals surface area contributed by atoms with E-state index < -0.39 is 0 Å². The standard InChI is InChI=1S/C47H91N5O6/c1-7-9-26-48-56-44-22-14-39(15-23-44)27-37-10-18-41(19-11-37)49-58-46(31-52-29-36(52)3)33-55-35-47(4,5)34-54-32-42(30-51(6)8-2)50-57-45-24-16-40(17-25-45)28-38-12-20-43(53)21-13-38/h36-46,48-50,53H,7-35H2,1-6H3. The van der Waals surface area contributed by atoms with E-state index in [0.29, 0.717) is 44.6 Å². The third-order valence-electron chi connectivity index (χ3n) is 14.4. The van der Waals surface area contributed by atoms with Gasteiger partial charge in [0.05, 0.1) is 50.8 Å². The Balaban J connectivity index is 0.939.